The van der Waals surface area contributed by atoms with Gasteiger partial charge in [-0.05, 0) is 50.5 Å². The van der Waals surface area contributed by atoms with E-state index in [0.29, 0.717) is 35.1 Å². The first-order valence-electron chi connectivity index (χ1n) is 9.98. The Bertz CT molecular complexity index is 997. The topological polar surface area (TPSA) is 83.2 Å². The van der Waals surface area contributed by atoms with Gasteiger partial charge in [0.05, 0.1) is 0 Å². The molecule has 2 unspecified atom stereocenters. The molecule has 0 spiro atoms. The fourth-order valence-electron chi connectivity index (χ4n) is 3.81. The standard InChI is InChI=1S/C23H26N6/c1-16-11-12-17(2)29(16)22-10-6-9-21(28-22)27-20(23-25-13-14-26-23)15-19(24)18-7-4-3-5-8-18/h3-10,13-17H,11-12,24H2,1-2H3,(H,25,26). The van der Waals surface area contributed by atoms with Gasteiger partial charge in [-0.1, -0.05) is 36.4 Å². The number of aromatic amines is 1. The largest absolute Gasteiger partial charge is 0.398 e. The van der Waals surface area contributed by atoms with Gasteiger partial charge in [-0.3, -0.25) is 0 Å². The number of aromatic nitrogens is 3. The van der Waals surface area contributed by atoms with Crippen molar-refractivity contribution in [2.75, 3.05) is 4.90 Å². The number of pyridine rings is 1. The second kappa shape index (κ2) is 8.31. The van der Waals surface area contributed by atoms with E-state index in [1.165, 1.54) is 12.8 Å². The first-order valence-corrected chi connectivity index (χ1v) is 9.98. The maximum absolute atomic E-state index is 6.33. The van der Waals surface area contributed by atoms with E-state index in [9.17, 15) is 0 Å². The maximum atomic E-state index is 6.33. The smallest absolute Gasteiger partial charge is 0.156 e. The van der Waals surface area contributed by atoms with Crippen molar-refractivity contribution >= 4 is 23.0 Å². The Kier molecular flexibility index (Phi) is 5.42. The second-order valence-corrected chi connectivity index (χ2v) is 7.44. The van der Waals surface area contributed by atoms with E-state index in [0.717, 1.165) is 11.4 Å². The van der Waals surface area contributed by atoms with Crippen molar-refractivity contribution in [3.05, 3.63) is 78.4 Å². The van der Waals surface area contributed by atoms with Crippen LogP contribution >= 0.6 is 0 Å². The summed E-state index contributed by atoms with van der Waals surface area (Å²) in [5, 5.41) is 0. The minimum atomic E-state index is 0.481. The molecule has 1 aromatic carbocycles. The summed E-state index contributed by atoms with van der Waals surface area (Å²) in [7, 11) is 0. The summed E-state index contributed by atoms with van der Waals surface area (Å²) in [6.07, 6.45) is 7.68. The Balaban J connectivity index is 1.71. The Hall–Kier alpha value is -3.41. The Morgan fingerprint density at radius 2 is 1.86 bits per heavy atom. The molecule has 0 radical (unpaired) electrons. The number of nitrogens with one attached hydrogen (secondary N) is 1. The molecular weight excluding hydrogens is 360 g/mol. The van der Waals surface area contributed by atoms with E-state index in [2.05, 4.69) is 34.8 Å². The zero-order chi connectivity index (χ0) is 20.2. The zero-order valence-corrected chi connectivity index (χ0v) is 16.8. The molecule has 6 nitrogen and oxygen atoms in total. The van der Waals surface area contributed by atoms with E-state index in [-0.39, 0.29) is 0 Å². The molecule has 1 aliphatic rings. The minimum Gasteiger partial charge on any atom is -0.398 e. The number of hydrogen-bond donors (Lipinski definition) is 2. The van der Waals surface area contributed by atoms with E-state index in [4.69, 9.17) is 15.7 Å². The summed E-state index contributed by atoms with van der Waals surface area (Å²) in [5.41, 5.74) is 8.54. The molecule has 3 aromatic rings. The molecule has 3 heterocycles. The van der Waals surface area contributed by atoms with Crippen molar-refractivity contribution < 1.29 is 0 Å². The van der Waals surface area contributed by atoms with Gasteiger partial charge in [0.2, 0.25) is 0 Å². The minimum absolute atomic E-state index is 0.481. The number of H-pyrrole nitrogens is 1. The molecule has 4 rings (SSSR count). The molecule has 2 atom stereocenters. The maximum Gasteiger partial charge on any atom is 0.156 e. The third kappa shape index (κ3) is 4.21. The van der Waals surface area contributed by atoms with Gasteiger partial charge in [0.15, 0.2) is 11.6 Å². The third-order valence-corrected chi connectivity index (χ3v) is 5.31. The van der Waals surface area contributed by atoms with Gasteiger partial charge in [0.1, 0.15) is 11.5 Å². The van der Waals surface area contributed by atoms with E-state index < -0.39 is 0 Å². The zero-order valence-electron chi connectivity index (χ0n) is 16.8. The van der Waals surface area contributed by atoms with Crippen LogP contribution in [0.25, 0.3) is 5.70 Å². The molecule has 6 heteroatoms. The van der Waals surface area contributed by atoms with Crippen LogP contribution in [0.4, 0.5) is 11.6 Å². The predicted molar refractivity (Wildman–Crippen MR) is 118 cm³/mol. The molecule has 0 amide bonds. The highest BCUT2D eigenvalue weighted by molar-refractivity contribution is 6.10. The summed E-state index contributed by atoms with van der Waals surface area (Å²) >= 11 is 0. The van der Waals surface area contributed by atoms with Crippen molar-refractivity contribution in [1.29, 1.82) is 0 Å². The lowest BCUT2D eigenvalue weighted by Gasteiger charge is -2.27. The molecule has 0 saturated carbocycles. The van der Waals surface area contributed by atoms with Crippen molar-refractivity contribution in [2.24, 2.45) is 10.7 Å². The first-order chi connectivity index (χ1) is 14.1. The summed E-state index contributed by atoms with van der Waals surface area (Å²) in [5.74, 6) is 2.25. The van der Waals surface area contributed by atoms with Gasteiger partial charge in [-0.25, -0.2) is 15.0 Å². The van der Waals surface area contributed by atoms with Gasteiger partial charge < -0.3 is 15.6 Å². The number of aliphatic imine (C=N–C) groups is 1. The number of nitrogens with two attached hydrogens (primary N) is 1. The molecule has 29 heavy (non-hydrogen) atoms. The molecule has 1 aliphatic heterocycles. The lowest BCUT2D eigenvalue weighted by molar-refractivity contribution is 0.683. The molecular formula is C23H26N6. The Morgan fingerprint density at radius 1 is 1.10 bits per heavy atom. The van der Waals surface area contributed by atoms with Crippen molar-refractivity contribution in [3.8, 4) is 0 Å². The van der Waals surface area contributed by atoms with Gasteiger partial charge in [-0.2, -0.15) is 0 Å². The van der Waals surface area contributed by atoms with E-state index in [1.54, 1.807) is 12.4 Å². The summed E-state index contributed by atoms with van der Waals surface area (Å²) < 4.78 is 0. The first kappa shape index (κ1) is 18.9. The van der Waals surface area contributed by atoms with Gasteiger partial charge in [0.25, 0.3) is 0 Å². The van der Waals surface area contributed by atoms with E-state index >= 15 is 0 Å². The summed E-state index contributed by atoms with van der Waals surface area (Å²) in [4.78, 5) is 19.4. The van der Waals surface area contributed by atoms with Gasteiger partial charge >= 0.3 is 0 Å². The molecule has 0 aliphatic carbocycles. The highest BCUT2D eigenvalue weighted by atomic mass is 15.3. The van der Waals surface area contributed by atoms with Crippen molar-refractivity contribution in [3.63, 3.8) is 0 Å². The van der Waals surface area contributed by atoms with Crippen LogP contribution in [0.3, 0.4) is 0 Å². The number of imidazole rings is 1. The van der Waals surface area contributed by atoms with Gasteiger partial charge in [0, 0.05) is 30.2 Å². The lowest BCUT2D eigenvalue weighted by atomic mass is 10.1. The van der Waals surface area contributed by atoms with Crippen LogP contribution in [0, 0.1) is 0 Å². The van der Waals surface area contributed by atoms with Crippen LogP contribution in [0.15, 0.2) is 72.0 Å². The molecule has 1 fully saturated rings. The number of allylic oxidation sites excluding steroid dienone is 1. The quantitative estimate of drug-likeness (QED) is 0.640. The number of rotatable bonds is 5. The van der Waals surface area contributed by atoms with Gasteiger partial charge in [-0.15, -0.1) is 0 Å². The average molecular weight is 387 g/mol. The number of anilines is 1. The van der Waals surface area contributed by atoms with Crippen molar-refractivity contribution in [2.45, 2.75) is 38.8 Å². The fourth-order valence-corrected chi connectivity index (χ4v) is 3.81. The fraction of sp³-hybridized carbons (Fsp3) is 0.261. The summed E-state index contributed by atoms with van der Waals surface area (Å²) in [6.45, 7) is 4.50. The molecule has 3 N–H and O–H groups in total. The normalized spacial score (nSPS) is 20.3. The van der Waals surface area contributed by atoms with Crippen LogP contribution in [0.5, 0.6) is 0 Å². The molecule has 1 saturated heterocycles. The predicted octanol–water partition coefficient (Wildman–Crippen LogP) is 4.30. The van der Waals surface area contributed by atoms with Crippen LogP contribution in [-0.2, 0) is 0 Å². The molecule has 2 aromatic heterocycles. The summed E-state index contributed by atoms with van der Waals surface area (Å²) in [6, 6.07) is 16.8. The van der Waals surface area contributed by atoms with Crippen LogP contribution in [0.1, 0.15) is 38.1 Å². The molecule has 0 bridgehead atoms. The second-order valence-electron chi connectivity index (χ2n) is 7.44. The average Bonchev–Trinajstić information content (AvgIpc) is 3.38. The lowest BCUT2D eigenvalue weighted by Crippen LogP contribution is -2.33. The van der Waals surface area contributed by atoms with Crippen LogP contribution in [0.2, 0.25) is 0 Å². The highest BCUT2D eigenvalue weighted by Gasteiger charge is 2.28. The van der Waals surface area contributed by atoms with Crippen LogP contribution < -0.4 is 10.6 Å². The van der Waals surface area contributed by atoms with Crippen LogP contribution in [-0.4, -0.2) is 32.7 Å². The van der Waals surface area contributed by atoms with Crippen molar-refractivity contribution in [1.82, 2.24) is 15.0 Å². The highest BCUT2D eigenvalue weighted by Crippen LogP contribution is 2.30. The Labute approximate surface area is 171 Å². The monoisotopic (exact) mass is 386 g/mol. The SMILES string of the molecule is CC1CCC(C)N1c1cccc(N=C(C=C(N)c2ccccc2)c2ncc[nH]2)n1. The Morgan fingerprint density at radius 3 is 2.55 bits per heavy atom. The number of hydrogen-bond acceptors (Lipinski definition) is 5. The van der Waals surface area contributed by atoms with E-state index in [1.807, 2.05) is 48.5 Å². The molecule has 148 valence electrons. The number of nitrogens with zero attached hydrogens (tertiary/aromatic N) is 4. The number of benzene rings is 1. The third-order valence-electron chi connectivity index (χ3n) is 5.31.